The van der Waals surface area contributed by atoms with Gasteiger partial charge in [-0.2, -0.15) is 0 Å². The molecule has 3 heterocycles. The maximum absolute atomic E-state index is 13.6. The Morgan fingerprint density at radius 2 is 1.76 bits per heavy atom. The first kappa shape index (κ1) is 27.1. The molecule has 1 fully saturated rings. The lowest BCUT2D eigenvalue weighted by Gasteiger charge is -2.14. The first-order chi connectivity index (χ1) is 17.9. The summed E-state index contributed by atoms with van der Waals surface area (Å²) < 4.78 is 2.03. The van der Waals surface area contributed by atoms with Crippen LogP contribution in [0, 0.1) is 13.8 Å². The van der Waals surface area contributed by atoms with E-state index in [0.29, 0.717) is 32.8 Å². The van der Waals surface area contributed by atoms with Crippen LogP contribution in [0.25, 0.3) is 11.7 Å². The number of hydrogen-bond acceptors (Lipinski definition) is 6. The van der Waals surface area contributed by atoms with Crippen LogP contribution in [0.3, 0.4) is 0 Å². The van der Waals surface area contributed by atoms with Crippen LogP contribution in [0.2, 0.25) is 0 Å². The smallest absolute Gasteiger partial charge is 0.267 e. The van der Waals surface area contributed by atoms with Crippen LogP contribution in [0.15, 0.2) is 52.3 Å². The number of benzene rings is 1. The molecule has 1 aliphatic rings. The molecule has 1 N–H and O–H groups in total. The number of nitrogens with one attached hydrogen (secondary N) is 1. The lowest BCUT2D eigenvalue weighted by atomic mass is 10.1. The van der Waals surface area contributed by atoms with E-state index in [-0.39, 0.29) is 11.5 Å². The predicted molar refractivity (Wildman–Crippen MR) is 158 cm³/mol. The first-order valence-electron chi connectivity index (χ1n) is 13.0. The molecule has 0 unspecified atom stereocenters. The molecule has 0 atom stereocenters. The zero-order chi connectivity index (χ0) is 26.4. The highest BCUT2D eigenvalue weighted by atomic mass is 32.2. The largest absolute Gasteiger partial charge is 0.369 e. The van der Waals surface area contributed by atoms with E-state index in [4.69, 9.17) is 17.2 Å². The van der Waals surface area contributed by atoms with E-state index >= 15 is 0 Å². The lowest BCUT2D eigenvalue weighted by Crippen LogP contribution is -2.27. The highest BCUT2D eigenvalue weighted by Gasteiger charge is 2.32. The maximum Gasteiger partial charge on any atom is 0.267 e. The number of carbonyl (C=O) groups is 1. The van der Waals surface area contributed by atoms with Gasteiger partial charge >= 0.3 is 0 Å². The summed E-state index contributed by atoms with van der Waals surface area (Å²) in [6.07, 6.45) is 10.4. The maximum atomic E-state index is 13.6. The number of unbranched alkanes of at least 4 members (excludes halogenated alkanes) is 5. The van der Waals surface area contributed by atoms with Crippen molar-refractivity contribution >= 4 is 51.7 Å². The number of aryl methyl sites for hydroxylation is 2. The summed E-state index contributed by atoms with van der Waals surface area (Å²) in [5.74, 6) is 0.322. The second-order valence-electron chi connectivity index (χ2n) is 9.51. The van der Waals surface area contributed by atoms with Crippen molar-refractivity contribution in [3.05, 3.63) is 80.1 Å². The van der Waals surface area contributed by atoms with Gasteiger partial charge in [-0.25, -0.2) is 4.98 Å². The van der Waals surface area contributed by atoms with E-state index in [1.165, 1.54) is 37.4 Å². The van der Waals surface area contributed by atoms with Gasteiger partial charge in [0.2, 0.25) is 0 Å². The Kier molecular flexibility index (Phi) is 9.16. The first-order valence-corrected chi connectivity index (χ1v) is 14.2. The van der Waals surface area contributed by atoms with E-state index in [0.717, 1.165) is 36.1 Å². The van der Waals surface area contributed by atoms with E-state index in [9.17, 15) is 9.59 Å². The third-order valence-corrected chi connectivity index (χ3v) is 7.90. The van der Waals surface area contributed by atoms with Gasteiger partial charge < -0.3 is 5.32 Å². The van der Waals surface area contributed by atoms with Gasteiger partial charge in [-0.05, 0) is 43.5 Å². The molecule has 1 saturated heterocycles. The van der Waals surface area contributed by atoms with Crippen molar-refractivity contribution in [2.75, 3.05) is 11.9 Å². The van der Waals surface area contributed by atoms with Gasteiger partial charge in [0.1, 0.15) is 15.8 Å². The molecule has 3 aromatic rings. The minimum absolute atomic E-state index is 0.189. The summed E-state index contributed by atoms with van der Waals surface area (Å²) in [6, 6.07) is 11.8. The van der Waals surface area contributed by atoms with Crippen molar-refractivity contribution in [2.24, 2.45) is 0 Å². The number of amides is 1. The number of thioether (sulfide) groups is 1. The highest BCUT2D eigenvalue weighted by Crippen LogP contribution is 2.34. The SMILES string of the molecule is CCCCCCCCNc1nc2c(C)cccn2c(=O)c1C=C1SC(=S)N(Cc2ccc(C)cc2)C1=O. The van der Waals surface area contributed by atoms with E-state index < -0.39 is 0 Å². The summed E-state index contributed by atoms with van der Waals surface area (Å²) >= 11 is 6.77. The summed E-state index contributed by atoms with van der Waals surface area (Å²) in [5, 5.41) is 3.38. The number of thiocarbonyl (C=S) groups is 1. The molecule has 37 heavy (non-hydrogen) atoms. The molecule has 194 valence electrons. The van der Waals surface area contributed by atoms with Crippen LogP contribution < -0.4 is 10.9 Å². The molecule has 4 rings (SSSR count). The van der Waals surface area contributed by atoms with Crippen LogP contribution in [0.5, 0.6) is 0 Å². The van der Waals surface area contributed by atoms with Gasteiger partial charge in [0.05, 0.1) is 17.0 Å². The number of fused-ring (bicyclic) bond motifs is 1. The average molecular weight is 535 g/mol. The third kappa shape index (κ3) is 6.48. The monoisotopic (exact) mass is 534 g/mol. The van der Waals surface area contributed by atoms with Crippen molar-refractivity contribution in [1.29, 1.82) is 0 Å². The van der Waals surface area contributed by atoms with Crippen molar-refractivity contribution in [2.45, 2.75) is 65.8 Å². The quantitative estimate of drug-likeness (QED) is 0.172. The Balaban J connectivity index is 1.60. The second-order valence-corrected chi connectivity index (χ2v) is 11.2. The van der Waals surface area contributed by atoms with Gasteiger partial charge in [-0.15, -0.1) is 0 Å². The van der Waals surface area contributed by atoms with Crippen LogP contribution in [0.1, 0.15) is 67.7 Å². The Morgan fingerprint density at radius 1 is 1.03 bits per heavy atom. The number of carbonyl (C=O) groups excluding carboxylic acids is 1. The molecule has 2 aromatic heterocycles. The molecule has 0 radical (unpaired) electrons. The van der Waals surface area contributed by atoms with Gasteiger partial charge in [0, 0.05) is 12.7 Å². The van der Waals surface area contributed by atoms with Gasteiger partial charge in [0.15, 0.2) is 0 Å². The summed E-state index contributed by atoms with van der Waals surface area (Å²) in [7, 11) is 0. The minimum Gasteiger partial charge on any atom is -0.369 e. The lowest BCUT2D eigenvalue weighted by molar-refractivity contribution is -0.122. The van der Waals surface area contributed by atoms with Crippen LogP contribution in [0.4, 0.5) is 5.82 Å². The van der Waals surface area contributed by atoms with Crippen molar-refractivity contribution in [3.63, 3.8) is 0 Å². The number of pyridine rings is 1. The summed E-state index contributed by atoms with van der Waals surface area (Å²) in [5.41, 5.74) is 3.87. The van der Waals surface area contributed by atoms with Gasteiger partial charge in [0.25, 0.3) is 11.5 Å². The number of nitrogens with zero attached hydrogens (tertiary/aromatic N) is 3. The topological polar surface area (TPSA) is 66.7 Å². The third-order valence-electron chi connectivity index (χ3n) is 6.52. The fraction of sp³-hybridized carbons (Fsp3) is 0.379. The summed E-state index contributed by atoms with van der Waals surface area (Å²) in [4.78, 5) is 33.7. The average Bonchev–Trinajstić information content (AvgIpc) is 3.14. The van der Waals surface area contributed by atoms with Gasteiger partial charge in [-0.3, -0.25) is 18.9 Å². The zero-order valence-electron chi connectivity index (χ0n) is 21.8. The van der Waals surface area contributed by atoms with Gasteiger partial charge in [-0.1, -0.05) is 98.9 Å². The molecule has 1 aromatic carbocycles. The molecular formula is C29H34N4O2S2. The van der Waals surface area contributed by atoms with E-state index in [1.807, 2.05) is 50.2 Å². The molecule has 8 heteroatoms. The Bertz CT molecular complexity index is 1380. The number of rotatable bonds is 11. The molecule has 0 bridgehead atoms. The highest BCUT2D eigenvalue weighted by molar-refractivity contribution is 8.26. The Hall–Kier alpha value is -2.97. The molecule has 0 aliphatic carbocycles. The minimum atomic E-state index is -0.206. The summed E-state index contributed by atoms with van der Waals surface area (Å²) in [6.45, 7) is 7.30. The number of anilines is 1. The van der Waals surface area contributed by atoms with E-state index in [2.05, 4.69) is 12.2 Å². The molecule has 1 amide bonds. The number of hydrogen-bond donors (Lipinski definition) is 1. The molecular weight excluding hydrogens is 500 g/mol. The van der Waals surface area contributed by atoms with Crippen LogP contribution in [-0.4, -0.2) is 31.1 Å². The molecule has 0 saturated carbocycles. The predicted octanol–water partition coefficient (Wildman–Crippen LogP) is 6.49. The molecule has 1 aliphatic heterocycles. The Labute approximate surface area is 228 Å². The van der Waals surface area contributed by atoms with Crippen molar-refractivity contribution in [3.8, 4) is 0 Å². The van der Waals surface area contributed by atoms with Crippen molar-refractivity contribution in [1.82, 2.24) is 14.3 Å². The van der Waals surface area contributed by atoms with Crippen LogP contribution >= 0.6 is 24.0 Å². The van der Waals surface area contributed by atoms with E-state index in [1.54, 1.807) is 21.6 Å². The zero-order valence-corrected chi connectivity index (χ0v) is 23.4. The van der Waals surface area contributed by atoms with Crippen molar-refractivity contribution < 1.29 is 4.79 Å². The Morgan fingerprint density at radius 3 is 2.51 bits per heavy atom. The van der Waals surface area contributed by atoms with Crippen LogP contribution in [-0.2, 0) is 11.3 Å². The fourth-order valence-corrected chi connectivity index (χ4v) is 5.57. The second kappa shape index (κ2) is 12.5. The number of aromatic nitrogens is 2. The fourth-order valence-electron chi connectivity index (χ4n) is 4.33. The normalized spacial score (nSPS) is 14.8. The molecule has 0 spiro atoms. The standard InChI is InChI=1S/C29H34N4O2S2/c1-4-5-6-7-8-9-16-30-25-23(27(34)32-17-10-11-21(3)26(32)31-25)18-24-28(35)33(29(36)37-24)19-22-14-12-20(2)13-15-22/h10-15,17-18,30H,4-9,16,19H2,1-3H3. The molecule has 6 nitrogen and oxygen atoms in total.